The third-order valence-corrected chi connectivity index (χ3v) is 3.27. The molecule has 2 rings (SSSR count). The zero-order valence-corrected chi connectivity index (χ0v) is 10.8. The van der Waals surface area contributed by atoms with E-state index in [1.165, 1.54) is 0 Å². The molecule has 0 saturated carbocycles. The zero-order chi connectivity index (χ0) is 10.8. The van der Waals surface area contributed by atoms with Crippen molar-refractivity contribution >= 4 is 31.9 Å². The predicted octanol–water partition coefficient (Wildman–Crippen LogP) is 4.35. The van der Waals surface area contributed by atoms with Crippen LogP contribution in [0.1, 0.15) is 18.0 Å². The summed E-state index contributed by atoms with van der Waals surface area (Å²) < 4.78 is 7.36. The molecular weight excluding hydrogens is 326 g/mol. The largest absolute Gasteiger partial charge is 0.492 e. The van der Waals surface area contributed by atoms with Gasteiger partial charge in [0.05, 0.1) is 17.1 Å². The maximum atomic E-state index is 8.48. The first kappa shape index (κ1) is 10.8. The zero-order valence-electron chi connectivity index (χ0n) is 7.65. The first-order chi connectivity index (χ1) is 7.22. The summed E-state index contributed by atoms with van der Waals surface area (Å²) in [5, 5.41) is 3.77. The summed E-state index contributed by atoms with van der Waals surface area (Å²) in [7, 11) is 0. The molecule has 1 aliphatic heterocycles. The highest BCUT2D eigenvalue weighted by molar-refractivity contribution is 9.11. The van der Waals surface area contributed by atoms with E-state index < -0.39 is 0 Å². The van der Waals surface area contributed by atoms with Crippen molar-refractivity contribution in [2.24, 2.45) is 5.11 Å². The number of halogens is 2. The molecule has 4 nitrogen and oxygen atoms in total. The molecule has 1 heterocycles. The molecule has 0 aliphatic carbocycles. The minimum Gasteiger partial charge on any atom is -0.492 e. The Labute approximate surface area is 104 Å². The van der Waals surface area contributed by atoms with Gasteiger partial charge in [-0.3, -0.25) is 0 Å². The Balaban J connectivity index is 2.55. The molecule has 0 radical (unpaired) electrons. The van der Waals surface area contributed by atoms with E-state index in [4.69, 9.17) is 10.3 Å². The summed E-state index contributed by atoms with van der Waals surface area (Å²) in [5.41, 5.74) is 9.41. The molecule has 0 fully saturated rings. The van der Waals surface area contributed by atoms with Gasteiger partial charge in [0.1, 0.15) is 5.75 Å². The van der Waals surface area contributed by atoms with Gasteiger partial charge >= 0.3 is 0 Å². The lowest BCUT2D eigenvalue weighted by Gasteiger charge is -2.23. The highest BCUT2D eigenvalue weighted by Crippen LogP contribution is 2.41. The van der Waals surface area contributed by atoms with Crippen molar-refractivity contribution in [1.29, 1.82) is 0 Å². The van der Waals surface area contributed by atoms with Crippen LogP contribution in [0.15, 0.2) is 26.2 Å². The summed E-state index contributed by atoms with van der Waals surface area (Å²) in [5.74, 6) is 0.779. The Morgan fingerprint density at radius 1 is 1.47 bits per heavy atom. The van der Waals surface area contributed by atoms with Gasteiger partial charge in [-0.05, 0) is 40.0 Å². The van der Waals surface area contributed by atoms with Gasteiger partial charge < -0.3 is 4.74 Å². The summed E-state index contributed by atoms with van der Waals surface area (Å²) in [6, 6.07) is 3.71. The van der Waals surface area contributed by atoms with Crippen LogP contribution in [0.25, 0.3) is 10.4 Å². The van der Waals surface area contributed by atoms with Crippen LogP contribution in [0.4, 0.5) is 0 Å². The molecule has 0 bridgehead atoms. The summed E-state index contributed by atoms with van der Waals surface area (Å²) in [6.45, 7) is 0.580. The predicted molar refractivity (Wildman–Crippen MR) is 63.8 cm³/mol. The Morgan fingerprint density at radius 2 is 2.27 bits per heavy atom. The molecule has 0 N–H and O–H groups in total. The Bertz CT molecular complexity index is 443. The molecular formula is C9H7Br2N3O. The minimum atomic E-state index is -0.132. The molecule has 1 atom stereocenters. The van der Waals surface area contributed by atoms with E-state index in [9.17, 15) is 0 Å². The Hall–Kier alpha value is -0.710. The van der Waals surface area contributed by atoms with Crippen LogP contribution >= 0.6 is 31.9 Å². The van der Waals surface area contributed by atoms with Crippen LogP contribution < -0.4 is 4.74 Å². The van der Waals surface area contributed by atoms with Gasteiger partial charge in [0.15, 0.2) is 0 Å². The van der Waals surface area contributed by atoms with Crippen molar-refractivity contribution in [3.8, 4) is 5.75 Å². The molecule has 1 aromatic carbocycles. The summed E-state index contributed by atoms with van der Waals surface area (Å²) in [6.07, 6.45) is 0.722. The quantitative estimate of drug-likeness (QED) is 0.428. The second kappa shape index (κ2) is 4.43. The third kappa shape index (κ3) is 2.12. The number of azide groups is 1. The van der Waals surface area contributed by atoms with Gasteiger partial charge in [-0.1, -0.05) is 21.0 Å². The van der Waals surface area contributed by atoms with E-state index in [1.54, 1.807) is 0 Å². The van der Waals surface area contributed by atoms with E-state index >= 15 is 0 Å². The second-order valence-corrected chi connectivity index (χ2v) is 4.93. The molecule has 0 spiro atoms. The van der Waals surface area contributed by atoms with Crippen molar-refractivity contribution in [2.45, 2.75) is 12.5 Å². The normalized spacial score (nSPS) is 18.7. The smallest absolute Gasteiger partial charge is 0.137 e. The first-order valence-electron chi connectivity index (χ1n) is 4.38. The number of rotatable bonds is 1. The topological polar surface area (TPSA) is 58.0 Å². The minimum absolute atomic E-state index is 0.132. The molecule has 0 aromatic heterocycles. The second-order valence-electron chi connectivity index (χ2n) is 3.16. The van der Waals surface area contributed by atoms with E-state index in [0.29, 0.717) is 6.61 Å². The van der Waals surface area contributed by atoms with Crippen molar-refractivity contribution in [2.75, 3.05) is 6.61 Å². The Kier molecular flexibility index (Phi) is 3.19. The standard InChI is InChI=1S/C9H7Br2N3O/c10-5-3-6-8(13-14-12)1-2-15-9(6)7(11)4-5/h3-4,8H,1-2H2/t8-/m1/s1. The van der Waals surface area contributed by atoms with Crippen molar-refractivity contribution in [1.82, 2.24) is 0 Å². The number of ether oxygens (including phenoxy) is 1. The van der Waals surface area contributed by atoms with Gasteiger partial charge in [-0.15, -0.1) is 0 Å². The molecule has 6 heteroatoms. The fourth-order valence-corrected chi connectivity index (χ4v) is 2.96. The van der Waals surface area contributed by atoms with Crippen LogP contribution in [-0.2, 0) is 0 Å². The van der Waals surface area contributed by atoms with Crippen LogP contribution in [-0.4, -0.2) is 6.61 Å². The van der Waals surface area contributed by atoms with Crippen molar-refractivity contribution < 1.29 is 4.74 Å². The van der Waals surface area contributed by atoms with Gasteiger partial charge in [0, 0.05) is 14.9 Å². The van der Waals surface area contributed by atoms with Gasteiger partial charge in [-0.25, -0.2) is 0 Å². The number of fused-ring (bicyclic) bond motifs is 1. The van der Waals surface area contributed by atoms with Crippen molar-refractivity contribution in [3.63, 3.8) is 0 Å². The number of hydrogen-bond acceptors (Lipinski definition) is 2. The summed E-state index contributed by atoms with van der Waals surface area (Å²) >= 11 is 6.82. The van der Waals surface area contributed by atoms with Gasteiger partial charge in [0.2, 0.25) is 0 Å². The Morgan fingerprint density at radius 3 is 3.00 bits per heavy atom. The SMILES string of the molecule is [N-]=[N+]=N[C@@H]1CCOc2c(Br)cc(Br)cc21. The lowest BCUT2D eigenvalue weighted by atomic mass is 10.0. The van der Waals surface area contributed by atoms with Crippen molar-refractivity contribution in [3.05, 3.63) is 37.1 Å². The molecule has 1 aromatic rings. The molecule has 0 saturated heterocycles. The highest BCUT2D eigenvalue weighted by atomic mass is 79.9. The van der Waals surface area contributed by atoms with Crippen LogP contribution in [0, 0.1) is 0 Å². The maximum Gasteiger partial charge on any atom is 0.137 e. The van der Waals surface area contributed by atoms with E-state index in [-0.39, 0.29) is 6.04 Å². The molecule has 0 unspecified atom stereocenters. The fraction of sp³-hybridized carbons (Fsp3) is 0.333. The number of nitrogens with zero attached hydrogens (tertiary/aromatic N) is 3. The number of hydrogen-bond donors (Lipinski definition) is 0. The van der Waals surface area contributed by atoms with Gasteiger partial charge in [-0.2, -0.15) is 0 Å². The molecule has 15 heavy (non-hydrogen) atoms. The highest BCUT2D eigenvalue weighted by Gasteiger charge is 2.22. The first-order valence-corrected chi connectivity index (χ1v) is 5.97. The monoisotopic (exact) mass is 331 g/mol. The van der Waals surface area contributed by atoms with Crippen LogP contribution in [0.2, 0.25) is 0 Å². The molecule has 78 valence electrons. The van der Waals surface area contributed by atoms with Crippen LogP contribution in [0.3, 0.4) is 0 Å². The van der Waals surface area contributed by atoms with E-state index in [0.717, 1.165) is 26.7 Å². The lowest BCUT2D eigenvalue weighted by molar-refractivity contribution is 0.267. The maximum absolute atomic E-state index is 8.48. The fourth-order valence-electron chi connectivity index (χ4n) is 1.59. The average Bonchev–Trinajstić information content (AvgIpc) is 2.19. The molecule has 1 aliphatic rings. The van der Waals surface area contributed by atoms with Crippen LogP contribution in [0.5, 0.6) is 5.75 Å². The summed E-state index contributed by atoms with van der Waals surface area (Å²) in [4.78, 5) is 2.86. The average molecular weight is 333 g/mol. The van der Waals surface area contributed by atoms with E-state index in [2.05, 4.69) is 41.9 Å². The van der Waals surface area contributed by atoms with E-state index in [1.807, 2.05) is 12.1 Å². The van der Waals surface area contributed by atoms with Gasteiger partial charge in [0.25, 0.3) is 0 Å². The lowest BCUT2D eigenvalue weighted by Crippen LogP contribution is -2.12. The third-order valence-electron chi connectivity index (χ3n) is 2.22. The molecule has 0 amide bonds. The number of benzene rings is 1.